The molecule has 3 nitrogen and oxygen atoms in total. The average molecular weight is 277 g/mol. The zero-order valence-electron chi connectivity index (χ0n) is 11.4. The molecule has 2 aromatic carbocycles. The Morgan fingerprint density at radius 1 is 1.10 bits per heavy atom. The van der Waals surface area contributed by atoms with Gasteiger partial charge in [-0.15, -0.1) is 0 Å². The van der Waals surface area contributed by atoms with Crippen molar-refractivity contribution in [2.24, 2.45) is 0 Å². The Morgan fingerprint density at radius 3 is 2.86 bits per heavy atom. The molecule has 2 atom stereocenters. The van der Waals surface area contributed by atoms with Crippen molar-refractivity contribution >= 4 is 10.9 Å². The molecule has 0 amide bonds. The number of para-hydroxylation sites is 2. The minimum atomic E-state index is -0.606. The molecule has 0 bridgehead atoms. The van der Waals surface area contributed by atoms with Crippen LogP contribution in [0.4, 0.5) is 0 Å². The number of ether oxygens (including phenoxy) is 1. The van der Waals surface area contributed by atoms with Crippen LogP contribution < -0.4 is 4.74 Å². The standard InChI is InChI=1S/C18H15NO2/c20-18(15-11-21-17-8-4-2-6-14(15)17)13-9-12-5-1-3-7-16(12)19-10-13/h1-10,15,18,20H,11H2. The first-order valence-corrected chi connectivity index (χ1v) is 7.07. The van der Waals surface area contributed by atoms with Gasteiger partial charge in [0.2, 0.25) is 0 Å². The number of aliphatic hydroxyl groups excluding tert-OH is 1. The molecule has 4 rings (SSSR count). The minimum Gasteiger partial charge on any atom is -0.493 e. The lowest BCUT2D eigenvalue weighted by Gasteiger charge is -2.17. The first-order valence-electron chi connectivity index (χ1n) is 7.07. The summed E-state index contributed by atoms with van der Waals surface area (Å²) < 4.78 is 5.66. The van der Waals surface area contributed by atoms with E-state index >= 15 is 0 Å². The molecule has 0 aliphatic carbocycles. The van der Waals surface area contributed by atoms with Crippen LogP contribution in [-0.4, -0.2) is 16.7 Å². The fourth-order valence-corrected chi connectivity index (χ4v) is 2.93. The van der Waals surface area contributed by atoms with Crippen LogP contribution >= 0.6 is 0 Å². The number of nitrogens with zero attached hydrogens (tertiary/aromatic N) is 1. The summed E-state index contributed by atoms with van der Waals surface area (Å²) in [7, 11) is 0. The number of fused-ring (bicyclic) bond motifs is 2. The molecule has 3 aromatic rings. The lowest BCUT2D eigenvalue weighted by molar-refractivity contribution is 0.130. The van der Waals surface area contributed by atoms with Crippen LogP contribution in [-0.2, 0) is 0 Å². The van der Waals surface area contributed by atoms with Gasteiger partial charge in [-0.05, 0) is 18.2 Å². The summed E-state index contributed by atoms with van der Waals surface area (Å²) in [6.07, 6.45) is 1.15. The van der Waals surface area contributed by atoms with Gasteiger partial charge in [-0.3, -0.25) is 4.98 Å². The van der Waals surface area contributed by atoms with Crippen molar-refractivity contribution in [2.75, 3.05) is 6.61 Å². The molecule has 21 heavy (non-hydrogen) atoms. The molecule has 2 heterocycles. The van der Waals surface area contributed by atoms with Gasteiger partial charge in [0.15, 0.2) is 0 Å². The van der Waals surface area contributed by atoms with Crippen LogP contribution in [0.2, 0.25) is 0 Å². The molecule has 1 aliphatic heterocycles. The summed E-state index contributed by atoms with van der Waals surface area (Å²) in [5.41, 5.74) is 2.84. The zero-order valence-corrected chi connectivity index (χ0v) is 11.4. The highest BCUT2D eigenvalue weighted by molar-refractivity contribution is 5.78. The third-order valence-electron chi connectivity index (χ3n) is 4.07. The van der Waals surface area contributed by atoms with Crippen LogP contribution in [0.1, 0.15) is 23.1 Å². The van der Waals surface area contributed by atoms with Crippen molar-refractivity contribution in [3.8, 4) is 5.75 Å². The van der Waals surface area contributed by atoms with E-state index in [9.17, 15) is 5.11 Å². The van der Waals surface area contributed by atoms with Gasteiger partial charge in [0, 0.05) is 22.7 Å². The van der Waals surface area contributed by atoms with Gasteiger partial charge in [-0.2, -0.15) is 0 Å². The topological polar surface area (TPSA) is 42.4 Å². The number of aromatic nitrogens is 1. The van der Waals surface area contributed by atoms with E-state index < -0.39 is 6.10 Å². The van der Waals surface area contributed by atoms with Crippen molar-refractivity contribution in [1.29, 1.82) is 0 Å². The Bertz CT molecular complexity index is 800. The average Bonchev–Trinajstić information content (AvgIpc) is 2.98. The van der Waals surface area contributed by atoms with Crippen LogP contribution in [0, 0.1) is 0 Å². The molecular weight excluding hydrogens is 262 g/mol. The second kappa shape index (κ2) is 4.86. The number of hydrogen-bond donors (Lipinski definition) is 1. The summed E-state index contributed by atoms with van der Waals surface area (Å²) in [4.78, 5) is 4.43. The molecule has 0 saturated heterocycles. The molecule has 2 unspecified atom stereocenters. The predicted molar refractivity (Wildman–Crippen MR) is 81.4 cm³/mol. The summed E-state index contributed by atoms with van der Waals surface area (Å²) in [5.74, 6) is 0.833. The first-order chi connectivity index (χ1) is 10.3. The second-order valence-corrected chi connectivity index (χ2v) is 5.36. The summed E-state index contributed by atoms with van der Waals surface area (Å²) >= 11 is 0. The fourth-order valence-electron chi connectivity index (χ4n) is 2.93. The highest BCUT2D eigenvalue weighted by Gasteiger charge is 2.31. The Kier molecular flexibility index (Phi) is 2.86. The molecule has 0 radical (unpaired) electrons. The fraction of sp³-hybridized carbons (Fsp3) is 0.167. The Morgan fingerprint density at radius 2 is 1.90 bits per heavy atom. The van der Waals surface area contributed by atoms with Crippen molar-refractivity contribution < 1.29 is 9.84 Å². The van der Waals surface area contributed by atoms with Crippen LogP contribution in [0.15, 0.2) is 60.8 Å². The van der Waals surface area contributed by atoms with Gasteiger partial charge in [0.25, 0.3) is 0 Å². The molecule has 0 saturated carbocycles. The van der Waals surface area contributed by atoms with Gasteiger partial charge in [-0.25, -0.2) is 0 Å². The van der Waals surface area contributed by atoms with Crippen LogP contribution in [0.3, 0.4) is 0 Å². The Hall–Kier alpha value is -2.39. The molecule has 3 heteroatoms. The van der Waals surface area contributed by atoms with Gasteiger partial charge in [0.1, 0.15) is 5.75 Å². The highest BCUT2D eigenvalue weighted by Crippen LogP contribution is 2.41. The van der Waals surface area contributed by atoms with Gasteiger partial charge in [0.05, 0.1) is 24.1 Å². The van der Waals surface area contributed by atoms with E-state index in [2.05, 4.69) is 4.98 Å². The maximum Gasteiger partial charge on any atom is 0.123 e. The quantitative estimate of drug-likeness (QED) is 0.780. The zero-order chi connectivity index (χ0) is 14.2. The molecule has 0 spiro atoms. The lowest BCUT2D eigenvalue weighted by atomic mass is 9.91. The molecular formula is C18H15NO2. The monoisotopic (exact) mass is 277 g/mol. The maximum atomic E-state index is 10.7. The van der Waals surface area contributed by atoms with E-state index in [0.29, 0.717) is 6.61 Å². The summed E-state index contributed by atoms with van der Waals surface area (Å²) in [6.45, 7) is 0.507. The summed E-state index contributed by atoms with van der Waals surface area (Å²) in [6, 6.07) is 17.8. The summed E-state index contributed by atoms with van der Waals surface area (Å²) in [5, 5.41) is 11.7. The van der Waals surface area contributed by atoms with E-state index in [1.54, 1.807) is 6.20 Å². The number of aliphatic hydroxyl groups is 1. The number of pyridine rings is 1. The third kappa shape index (κ3) is 2.06. The minimum absolute atomic E-state index is 0.0378. The van der Waals surface area contributed by atoms with Crippen molar-refractivity contribution in [3.05, 3.63) is 71.9 Å². The molecule has 1 aromatic heterocycles. The molecule has 1 aliphatic rings. The smallest absolute Gasteiger partial charge is 0.123 e. The van der Waals surface area contributed by atoms with E-state index in [0.717, 1.165) is 27.8 Å². The second-order valence-electron chi connectivity index (χ2n) is 5.36. The predicted octanol–water partition coefficient (Wildman–Crippen LogP) is 3.44. The number of benzene rings is 2. The van der Waals surface area contributed by atoms with Crippen molar-refractivity contribution in [3.63, 3.8) is 0 Å². The van der Waals surface area contributed by atoms with Crippen molar-refractivity contribution in [1.82, 2.24) is 4.98 Å². The SMILES string of the molecule is OC(c1cnc2ccccc2c1)C1COc2ccccc21. The largest absolute Gasteiger partial charge is 0.493 e. The number of rotatable bonds is 2. The Labute approximate surface area is 122 Å². The van der Waals surface area contributed by atoms with Crippen molar-refractivity contribution in [2.45, 2.75) is 12.0 Å². The highest BCUT2D eigenvalue weighted by atomic mass is 16.5. The van der Waals surface area contributed by atoms with Gasteiger partial charge >= 0.3 is 0 Å². The molecule has 104 valence electrons. The third-order valence-corrected chi connectivity index (χ3v) is 4.07. The molecule has 1 N–H and O–H groups in total. The van der Waals surface area contributed by atoms with Crippen LogP contribution in [0.25, 0.3) is 10.9 Å². The van der Waals surface area contributed by atoms with Crippen LogP contribution in [0.5, 0.6) is 5.75 Å². The number of hydrogen-bond acceptors (Lipinski definition) is 3. The first kappa shape index (κ1) is 12.4. The molecule has 0 fully saturated rings. The maximum absolute atomic E-state index is 10.7. The van der Waals surface area contributed by atoms with Gasteiger partial charge in [-0.1, -0.05) is 36.4 Å². The van der Waals surface area contributed by atoms with E-state index in [1.165, 1.54) is 0 Å². The Balaban J connectivity index is 1.72. The van der Waals surface area contributed by atoms with E-state index in [1.807, 2.05) is 54.6 Å². The van der Waals surface area contributed by atoms with E-state index in [-0.39, 0.29) is 5.92 Å². The lowest BCUT2D eigenvalue weighted by Crippen LogP contribution is -2.12. The van der Waals surface area contributed by atoms with E-state index in [4.69, 9.17) is 4.74 Å². The van der Waals surface area contributed by atoms with Gasteiger partial charge < -0.3 is 9.84 Å². The normalized spacial score (nSPS) is 18.2.